The minimum atomic E-state index is 0.114. The summed E-state index contributed by atoms with van der Waals surface area (Å²) in [5, 5.41) is 0. The molecular formula is C16H24N2O2. The Hall–Kier alpha value is -1.71. The molecule has 2 amide bonds. The fourth-order valence-corrected chi connectivity index (χ4v) is 2.50. The number of piperidine rings is 1. The number of amides is 2. The second-order valence-electron chi connectivity index (χ2n) is 5.68. The third-order valence-corrected chi connectivity index (χ3v) is 3.84. The lowest BCUT2D eigenvalue weighted by atomic mass is 9.98. The fraction of sp³-hybridized carbons (Fsp3) is 0.562. The Morgan fingerprint density at radius 3 is 2.55 bits per heavy atom. The van der Waals surface area contributed by atoms with Gasteiger partial charge in [0.1, 0.15) is 5.75 Å². The quantitative estimate of drug-likeness (QED) is 0.850. The van der Waals surface area contributed by atoms with Crippen molar-refractivity contribution in [3.05, 3.63) is 29.8 Å². The Morgan fingerprint density at radius 1 is 1.30 bits per heavy atom. The summed E-state index contributed by atoms with van der Waals surface area (Å²) in [4.78, 5) is 15.4. The molecule has 0 unspecified atom stereocenters. The number of hydrogen-bond donors (Lipinski definition) is 0. The van der Waals surface area contributed by atoms with Crippen LogP contribution < -0.4 is 4.74 Å². The molecular weight excluding hydrogens is 252 g/mol. The average molecular weight is 276 g/mol. The highest BCUT2D eigenvalue weighted by atomic mass is 16.5. The molecule has 0 radical (unpaired) electrons. The van der Waals surface area contributed by atoms with Crippen molar-refractivity contribution in [2.75, 3.05) is 33.8 Å². The van der Waals surface area contributed by atoms with Crippen LogP contribution in [0.25, 0.3) is 0 Å². The predicted octanol–water partition coefficient (Wildman–Crippen LogP) is 2.77. The fourth-order valence-electron chi connectivity index (χ4n) is 2.50. The molecule has 2 rings (SSSR count). The Kier molecular flexibility index (Phi) is 4.88. The molecule has 110 valence electrons. The van der Waals surface area contributed by atoms with Crippen molar-refractivity contribution in [3.63, 3.8) is 0 Å². The highest BCUT2D eigenvalue weighted by molar-refractivity contribution is 5.73. The number of nitrogens with zero attached hydrogens (tertiary/aromatic N) is 2. The number of para-hydroxylation sites is 1. The first-order chi connectivity index (χ1) is 9.58. The number of carbonyl (C=O) groups is 1. The van der Waals surface area contributed by atoms with Gasteiger partial charge in [-0.1, -0.05) is 18.2 Å². The molecule has 0 N–H and O–H groups in total. The van der Waals surface area contributed by atoms with Crippen LogP contribution in [0.2, 0.25) is 0 Å². The van der Waals surface area contributed by atoms with Crippen molar-refractivity contribution in [1.29, 1.82) is 0 Å². The summed E-state index contributed by atoms with van der Waals surface area (Å²) in [6.07, 6.45) is 2.04. The Labute approximate surface area is 121 Å². The van der Waals surface area contributed by atoms with Crippen LogP contribution in [0.4, 0.5) is 4.79 Å². The second kappa shape index (κ2) is 6.64. The third-order valence-electron chi connectivity index (χ3n) is 3.84. The van der Waals surface area contributed by atoms with E-state index in [9.17, 15) is 4.79 Å². The molecule has 0 saturated carbocycles. The van der Waals surface area contributed by atoms with Gasteiger partial charge in [-0.05, 0) is 37.3 Å². The van der Waals surface area contributed by atoms with E-state index >= 15 is 0 Å². The van der Waals surface area contributed by atoms with Gasteiger partial charge in [-0.3, -0.25) is 0 Å². The highest BCUT2D eigenvalue weighted by Crippen LogP contribution is 2.22. The summed E-state index contributed by atoms with van der Waals surface area (Å²) in [6, 6.07) is 8.21. The minimum absolute atomic E-state index is 0.114. The van der Waals surface area contributed by atoms with Gasteiger partial charge in [0, 0.05) is 27.2 Å². The highest BCUT2D eigenvalue weighted by Gasteiger charge is 2.24. The van der Waals surface area contributed by atoms with Crippen LogP contribution in [0.15, 0.2) is 24.3 Å². The number of hydrogen-bond acceptors (Lipinski definition) is 2. The number of rotatable bonds is 3. The SMILES string of the molecule is Cc1ccccc1OCC1CCN(C(=O)N(C)C)CC1. The first kappa shape index (κ1) is 14.7. The summed E-state index contributed by atoms with van der Waals surface area (Å²) in [5.74, 6) is 1.51. The monoisotopic (exact) mass is 276 g/mol. The van der Waals surface area contributed by atoms with Gasteiger partial charge in [-0.2, -0.15) is 0 Å². The molecule has 1 fully saturated rings. The van der Waals surface area contributed by atoms with Crippen LogP contribution in [0.1, 0.15) is 18.4 Å². The number of benzene rings is 1. The molecule has 0 aliphatic carbocycles. The molecule has 20 heavy (non-hydrogen) atoms. The van der Waals surface area contributed by atoms with Gasteiger partial charge in [-0.25, -0.2) is 4.79 Å². The molecule has 1 aromatic rings. The summed E-state index contributed by atoms with van der Waals surface area (Å²) >= 11 is 0. The smallest absolute Gasteiger partial charge is 0.319 e. The number of ether oxygens (including phenoxy) is 1. The third kappa shape index (κ3) is 3.65. The summed E-state index contributed by atoms with van der Waals surface area (Å²) in [7, 11) is 3.60. The van der Waals surface area contributed by atoms with Gasteiger partial charge >= 0.3 is 6.03 Å². The standard InChI is InChI=1S/C16H24N2O2/c1-13-6-4-5-7-15(13)20-12-14-8-10-18(11-9-14)16(19)17(2)3/h4-7,14H,8-12H2,1-3H3. The maximum absolute atomic E-state index is 11.8. The van der Waals surface area contributed by atoms with Gasteiger partial charge in [0.05, 0.1) is 6.61 Å². The van der Waals surface area contributed by atoms with Crippen LogP contribution in [0.3, 0.4) is 0 Å². The van der Waals surface area contributed by atoms with E-state index in [1.165, 1.54) is 5.56 Å². The molecule has 1 aliphatic rings. The van der Waals surface area contributed by atoms with E-state index in [1.807, 2.05) is 23.1 Å². The van der Waals surface area contributed by atoms with E-state index in [2.05, 4.69) is 13.0 Å². The minimum Gasteiger partial charge on any atom is -0.493 e. The summed E-state index contributed by atoms with van der Waals surface area (Å²) < 4.78 is 5.91. The molecule has 0 spiro atoms. The zero-order valence-corrected chi connectivity index (χ0v) is 12.6. The van der Waals surface area contributed by atoms with E-state index in [1.54, 1.807) is 19.0 Å². The normalized spacial score (nSPS) is 16.1. The Balaban J connectivity index is 1.78. The first-order valence-electron chi connectivity index (χ1n) is 7.22. The lowest BCUT2D eigenvalue weighted by Crippen LogP contribution is -2.44. The van der Waals surface area contributed by atoms with Crippen molar-refractivity contribution < 1.29 is 9.53 Å². The Morgan fingerprint density at radius 2 is 1.95 bits per heavy atom. The largest absolute Gasteiger partial charge is 0.493 e. The van der Waals surface area contributed by atoms with Crippen molar-refractivity contribution in [2.45, 2.75) is 19.8 Å². The van der Waals surface area contributed by atoms with Crippen LogP contribution >= 0.6 is 0 Å². The van der Waals surface area contributed by atoms with Crippen molar-refractivity contribution in [3.8, 4) is 5.75 Å². The number of aryl methyl sites for hydroxylation is 1. The van der Waals surface area contributed by atoms with Crippen LogP contribution in [-0.4, -0.2) is 49.6 Å². The van der Waals surface area contributed by atoms with Gasteiger partial charge in [0.15, 0.2) is 0 Å². The maximum atomic E-state index is 11.8. The second-order valence-corrected chi connectivity index (χ2v) is 5.68. The number of carbonyl (C=O) groups excluding carboxylic acids is 1. The van der Waals surface area contributed by atoms with E-state index in [4.69, 9.17) is 4.74 Å². The zero-order valence-electron chi connectivity index (χ0n) is 12.6. The number of likely N-dealkylation sites (tertiary alicyclic amines) is 1. The van der Waals surface area contributed by atoms with E-state index in [0.29, 0.717) is 5.92 Å². The summed E-state index contributed by atoms with van der Waals surface area (Å²) in [6.45, 7) is 4.47. The molecule has 1 aromatic carbocycles. The van der Waals surface area contributed by atoms with Crippen LogP contribution in [0.5, 0.6) is 5.75 Å². The lowest BCUT2D eigenvalue weighted by Gasteiger charge is -2.33. The molecule has 1 heterocycles. The van der Waals surface area contributed by atoms with E-state index in [-0.39, 0.29) is 6.03 Å². The van der Waals surface area contributed by atoms with Gasteiger partial charge in [0.2, 0.25) is 0 Å². The average Bonchev–Trinajstić information content (AvgIpc) is 2.46. The lowest BCUT2D eigenvalue weighted by molar-refractivity contribution is 0.129. The molecule has 4 nitrogen and oxygen atoms in total. The van der Waals surface area contributed by atoms with Crippen LogP contribution in [0, 0.1) is 12.8 Å². The van der Waals surface area contributed by atoms with E-state index < -0.39 is 0 Å². The molecule has 4 heteroatoms. The van der Waals surface area contributed by atoms with Gasteiger partial charge < -0.3 is 14.5 Å². The van der Waals surface area contributed by atoms with Crippen molar-refractivity contribution in [1.82, 2.24) is 9.80 Å². The molecule has 1 saturated heterocycles. The van der Waals surface area contributed by atoms with Gasteiger partial charge in [0.25, 0.3) is 0 Å². The molecule has 0 aromatic heterocycles. The Bertz CT molecular complexity index is 452. The molecule has 0 atom stereocenters. The van der Waals surface area contributed by atoms with Gasteiger partial charge in [-0.15, -0.1) is 0 Å². The molecule has 0 bridgehead atoms. The first-order valence-corrected chi connectivity index (χ1v) is 7.22. The molecule has 1 aliphatic heterocycles. The van der Waals surface area contributed by atoms with Crippen molar-refractivity contribution >= 4 is 6.03 Å². The predicted molar refractivity (Wildman–Crippen MR) is 80.1 cm³/mol. The maximum Gasteiger partial charge on any atom is 0.319 e. The van der Waals surface area contributed by atoms with Crippen molar-refractivity contribution in [2.24, 2.45) is 5.92 Å². The van der Waals surface area contributed by atoms with E-state index in [0.717, 1.165) is 38.3 Å². The summed E-state index contributed by atoms with van der Waals surface area (Å²) in [5.41, 5.74) is 1.17. The van der Waals surface area contributed by atoms with Crippen LogP contribution in [-0.2, 0) is 0 Å². The topological polar surface area (TPSA) is 32.8 Å². The number of urea groups is 1. The zero-order chi connectivity index (χ0) is 14.5.